The van der Waals surface area contributed by atoms with Gasteiger partial charge in [-0.1, -0.05) is 26.7 Å². The number of rotatable bonds is 8. The van der Waals surface area contributed by atoms with Crippen LogP contribution in [-0.2, 0) is 0 Å². The molecule has 0 bridgehead atoms. The molecule has 1 aliphatic rings. The van der Waals surface area contributed by atoms with Gasteiger partial charge in [-0.3, -0.25) is 0 Å². The molecule has 0 spiro atoms. The summed E-state index contributed by atoms with van der Waals surface area (Å²) in [6.45, 7) is 15.2. The van der Waals surface area contributed by atoms with Crippen molar-refractivity contribution >= 4 is 0 Å². The first kappa shape index (κ1) is 17.0. The van der Waals surface area contributed by atoms with E-state index in [4.69, 9.17) is 0 Å². The Hall–Kier alpha value is -0.0800. The number of hydrogen-bond acceptors (Lipinski definition) is 2. The van der Waals surface area contributed by atoms with Crippen LogP contribution in [-0.4, -0.2) is 36.1 Å². The predicted octanol–water partition coefficient (Wildman–Crippen LogP) is 4.06. The van der Waals surface area contributed by atoms with Crippen molar-refractivity contribution in [3.05, 3.63) is 0 Å². The molecule has 2 nitrogen and oxygen atoms in total. The summed E-state index contributed by atoms with van der Waals surface area (Å²) in [6.07, 6.45) is 8.40. The quantitative estimate of drug-likeness (QED) is 0.668. The maximum atomic E-state index is 3.61. The molecule has 1 aliphatic carbocycles. The van der Waals surface area contributed by atoms with Gasteiger partial charge in [0.1, 0.15) is 0 Å². The fraction of sp³-hybridized carbons (Fsp3) is 1.00. The van der Waals surface area contributed by atoms with Crippen molar-refractivity contribution in [3.8, 4) is 0 Å². The highest BCUT2D eigenvalue weighted by atomic mass is 15.2. The molecule has 1 rings (SSSR count). The highest BCUT2D eigenvalue weighted by Gasteiger charge is 2.22. The van der Waals surface area contributed by atoms with Crippen LogP contribution in [0.25, 0.3) is 0 Å². The van der Waals surface area contributed by atoms with E-state index < -0.39 is 0 Å². The highest BCUT2D eigenvalue weighted by Crippen LogP contribution is 2.24. The SMILES string of the molecule is CC(C)CCN(CCCNC(C)(C)C)C1CCCC1. The first-order valence-corrected chi connectivity index (χ1v) is 8.37. The van der Waals surface area contributed by atoms with E-state index in [-0.39, 0.29) is 5.54 Å². The minimum absolute atomic E-state index is 0.260. The molecule has 0 aromatic rings. The van der Waals surface area contributed by atoms with Crippen molar-refractivity contribution in [1.82, 2.24) is 10.2 Å². The van der Waals surface area contributed by atoms with E-state index >= 15 is 0 Å². The Morgan fingerprint density at radius 3 is 2.26 bits per heavy atom. The average Bonchev–Trinajstić information content (AvgIpc) is 2.79. The van der Waals surface area contributed by atoms with Crippen molar-refractivity contribution in [3.63, 3.8) is 0 Å². The molecular weight excluding hydrogens is 232 g/mol. The van der Waals surface area contributed by atoms with Crippen LogP contribution in [0.5, 0.6) is 0 Å². The molecule has 19 heavy (non-hydrogen) atoms. The standard InChI is InChI=1S/C17H36N2/c1-15(2)11-14-19(16-9-6-7-10-16)13-8-12-18-17(3,4)5/h15-16,18H,6-14H2,1-5H3. The Labute approximate surface area is 121 Å². The van der Waals surface area contributed by atoms with Crippen molar-refractivity contribution in [2.75, 3.05) is 19.6 Å². The molecule has 1 N–H and O–H groups in total. The first-order valence-electron chi connectivity index (χ1n) is 8.37. The lowest BCUT2D eigenvalue weighted by Gasteiger charge is -2.30. The molecule has 1 fully saturated rings. The van der Waals surface area contributed by atoms with Gasteiger partial charge in [0.05, 0.1) is 0 Å². The molecule has 0 aliphatic heterocycles. The van der Waals surface area contributed by atoms with Crippen LogP contribution in [0.3, 0.4) is 0 Å². The smallest absolute Gasteiger partial charge is 0.00965 e. The van der Waals surface area contributed by atoms with Gasteiger partial charge in [0.2, 0.25) is 0 Å². The molecule has 0 unspecified atom stereocenters. The lowest BCUT2D eigenvalue weighted by molar-refractivity contribution is 0.184. The number of hydrogen-bond donors (Lipinski definition) is 1. The zero-order chi connectivity index (χ0) is 14.3. The maximum Gasteiger partial charge on any atom is 0.00965 e. The summed E-state index contributed by atoms with van der Waals surface area (Å²) >= 11 is 0. The van der Waals surface area contributed by atoms with E-state index in [0.29, 0.717) is 0 Å². The van der Waals surface area contributed by atoms with Crippen LogP contribution >= 0.6 is 0 Å². The fourth-order valence-electron chi connectivity index (χ4n) is 2.92. The molecule has 1 saturated carbocycles. The summed E-state index contributed by atoms with van der Waals surface area (Å²) in [5, 5.41) is 3.61. The fourth-order valence-corrected chi connectivity index (χ4v) is 2.92. The molecule has 2 heteroatoms. The molecule has 0 aromatic carbocycles. The lowest BCUT2D eigenvalue weighted by atomic mass is 10.1. The van der Waals surface area contributed by atoms with Gasteiger partial charge >= 0.3 is 0 Å². The van der Waals surface area contributed by atoms with E-state index in [0.717, 1.165) is 18.5 Å². The van der Waals surface area contributed by atoms with Crippen LogP contribution in [0.2, 0.25) is 0 Å². The Balaban J connectivity index is 2.27. The zero-order valence-corrected chi connectivity index (χ0v) is 14.0. The monoisotopic (exact) mass is 268 g/mol. The summed E-state index contributed by atoms with van der Waals surface area (Å²) in [4.78, 5) is 2.78. The largest absolute Gasteiger partial charge is 0.312 e. The van der Waals surface area contributed by atoms with E-state index in [9.17, 15) is 0 Å². The Morgan fingerprint density at radius 2 is 1.74 bits per heavy atom. The van der Waals surface area contributed by atoms with E-state index in [1.165, 1.54) is 51.6 Å². The normalized spacial score (nSPS) is 17.8. The van der Waals surface area contributed by atoms with Crippen molar-refractivity contribution in [2.45, 2.75) is 84.7 Å². The maximum absolute atomic E-state index is 3.61. The van der Waals surface area contributed by atoms with Crippen molar-refractivity contribution < 1.29 is 0 Å². The third-order valence-electron chi connectivity index (χ3n) is 4.11. The minimum atomic E-state index is 0.260. The summed E-state index contributed by atoms with van der Waals surface area (Å²) in [5.41, 5.74) is 0.260. The molecule has 0 amide bonds. The van der Waals surface area contributed by atoms with Gasteiger partial charge in [-0.15, -0.1) is 0 Å². The van der Waals surface area contributed by atoms with E-state index in [1.54, 1.807) is 0 Å². The third-order valence-corrected chi connectivity index (χ3v) is 4.11. The summed E-state index contributed by atoms with van der Waals surface area (Å²) in [7, 11) is 0. The van der Waals surface area contributed by atoms with Gasteiger partial charge in [0, 0.05) is 11.6 Å². The second-order valence-corrected chi connectivity index (χ2v) is 7.69. The molecule has 0 heterocycles. The summed E-state index contributed by atoms with van der Waals surface area (Å²) < 4.78 is 0. The summed E-state index contributed by atoms with van der Waals surface area (Å²) in [5.74, 6) is 0.830. The van der Waals surface area contributed by atoms with Gasteiger partial charge in [-0.2, -0.15) is 0 Å². The predicted molar refractivity (Wildman–Crippen MR) is 85.7 cm³/mol. The molecule has 0 atom stereocenters. The van der Waals surface area contributed by atoms with Gasteiger partial charge in [-0.25, -0.2) is 0 Å². The van der Waals surface area contributed by atoms with Gasteiger partial charge in [-0.05, 0) is 72.0 Å². The van der Waals surface area contributed by atoms with Crippen LogP contribution in [0.1, 0.15) is 73.1 Å². The van der Waals surface area contributed by atoms with Crippen molar-refractivity contribution in [1.29, 1.82) is 0 Å². The van der Waals surface area contributed by atoms with Crippen LogP contribution in [0, 0.1) is 5.92 Å². The van der Waals surface area contributed by atoms with E-state index in [2.05, 4.69) is 44.8 Å². The first-order chi connectivity index (χ1) is 8.88. The molecule has 0 radical (unpaired) electrons. The zero-order valence-electron chi connectivity index (χ0n) is 14.0. The Morgan fingerprint density at radius 1 is 1.11 bits per heavy atom. The lowest BCUT2D eigenvalue weighted by Crippen LogP contribution is -2.40. The van der Waals surface area contributed by atoms with Crippen molar-refractivity contribution in [2.24, 2.45) is 5.92 Å². The van der Waals surface area contributed by atoms with E-state index in [1.807, 2.05) is 0 Å². The Bertz CT molecular complexity index is 224. The van der Waals surface area contributed by atoms with Gasteiger partial charge in [0.25, 0.3) is 0 Å². The second kappa shape index (κ2) is 8.26. The van der Waals surface area contributed by atoms with Crippen LogP contribution in [0.15, 0.2) is 0 Å². The number of nitrogens with zero attached hydrogens (tertiary/aromatic N) is 1. The Kier molecular flexibility index (Phi) is 7.38. The van der Waals surface area contributed by atoms with Crippen LogP contribution in [0.4, 0.5) is 0 Å². The molecule has 0 saturated heterocycles. The van der Waals surface area contributed by atoms with Gasteiger partial charge < -0.3 is 10.2 Å². The topological polar surface area (TPSA) is 15.3 Å². The highest BCUT2D eigenvalue weighted by molar-refractivity contribution is 4.78. The average molecular weight is 268 g/mol. The minimum Gasteiger partial charge on any atom is -0.312 e. The molecular formula is C17H36N2. The van der Waals surface area contributed by atoms with Crippen LogP contribution < -0.4 is 5.32 Å². The summed E-state index contributed by atoms with van der Waals surface area (Å²) in [6, 6.07) is 0.883. The number of nitrogens with one attached hydrogen (secondary N) is 1. The van der Waals surface area contributed by atoms with Gasteiger partial charge in [0.15, 0.2) is 0 Å². The molecule has 114 valence electrons. The molecule has 0 aromatic heterocycles. The second-order valence-electron chi connectivity index (χ2n) is 7.69. The third kappa shape index (κ3) is 7.94.